The van der Waals surface area contributed by atoms with Gasteiger partial charge in [-0.3, -0.25) is 4.79 Å². The molecule has 10 nitrogen and oxygen atoms in total. The number of hydrogen-bond acceptors (Lipinski definition) is 8. The summed E-state index contributed by atoms with van der Waals surface area (Å²) in [5, 5.41) is 19.8. The first kappa shape index (κ1) is 29.9. The van der Waals surface area contributed by atoms with Crippen molar-refractivity contribution in [3.05, 3.63) is 41.5 Å². The molecular weight excluding hydrogens is 541 g/mol. The summed E-state index contributed by atoms with van der Waals surface area (Å²) < 4.78 is 51.3. The largest absolute Gasteiger partial charge is 0.473 e. The van der Waals surface area contributed by atoms with Gasteiger partial charge < -0.3 is 24.6 Å². The van der Waals surface area contributed by atoms with E-state index in [0.717, 1.165) is 6.07 Å². The Morgan fingerprint density at radius 3 is 2.24 bits per heavy atom. The summed E-state index contributed by atoms with van der Waals surface area (Å²) in [6.45, 7) is 7.28. The number of halogens is 3. The van der Waals surface area contributed by atoms with Crippen molar-refractivity contribution in [2.45, 2.75) is 64.3 Å². The van der Waals surface area contributed by atoms with Crippen LogP contribution in [0.25, 0.3) is 0 Å². The molecule has 2 aliphatic rings. The molecule has 0 spiro atoms. The summed E-state index contributed by atoms with van der Waals surface area (Å²) in [4.78, 5) is 28.5. The summed E-state index contributed by atoms with van der Waals surface area (Å²) in [5.74, 6) is 0.0108. The number of benzene rings is 1. The average Bonchev–Trinajstić information content (AvgIpc) is 2.93. The Morgan fingerprint density at radius 1 is 1.00 bits per heavy atom. The van der Waals surface area contributed by atoms with Gasteiger partial charge in [0, 0.05) is 56.7 Å². The summed E-state index contributed by atoms with van der Waals surface area (Å²) >= 11 is 0. The Balaban J connectivity index is 1.23. The fourth-order valence-corrected chi connectivity index (χ4v) is 4.79. The van der Waals surface area contributed by atoms with Crippen LogP contribution in [0.4, 0.5) is 29.5 Å². The fourth-order valence-electron chi connectivity index (χ4n) is 4.79. The first-order chi connectivity index (χ1) is 19.3. The number of piperidine rings is 2. The number of ether oxygens (including phenoxy) is 2. The van der Waals surface area contributed by atoms with Gasteiger partial charge in [0.05, 0.1) is 17.2 Å². The van der Waals surface area contributed by atoms with E-state index in [2.05, 4.69) is 15.5 Å². The minimum absolute atomic E-state index is 0.128. The highest BCUT2D eigenvalue weighted by Gasteiger charge is 2.35. The van der Waals surface area contributed by atoms with Crippen molar-refractivity contribution >= 4 is 23.5 Å². The summed E-state index contributed by atoms with van der Waals surface area (Å²) in [6.07, 6.45) is -2.95. The second-order valence-electron chi connectivity index (χ2n) is 11.1. The van der Waals surface area contributed by atoms with Gasteiger partial charge >= 0.3 is 12.3 Å². The topological polar surface area (TPSA) is 121 Å². The van der Waals surface area contributed by atoms with E-state index in [0.29, 0.717) is 63.4 Å². The number of aromatic nitrogens is 2. The average molecular weight is 575 g/mol. The highest BCUT2D eigenvalue weighted by Crippen LogP contribution is 2.35. The van der Waals surface area contributed by atoms with Crippen molar-refractivity contribution in [1.29, 1.82) is 5.26 Å². The van der Waals surface area contributed by atoms with Gasteiger partial charge in [-0.2, -0.15) is 18.4 Å². The number of nitrogens with zero attached hydrogens (tertiary/aromatic N) is 5. The van der Waals surface area contributed by atoms with Crippen molar-refractivity contribution in [2.75, 3.05) is 36.4 Å². The lowest BCUT2D eigenvalue weighted by Gasteiger charge is -2.33. The molecule has 220 valence electrons. The number of carbonyl (C=O) groups excluding carboxylic acids is 2. The van der Waals surface area contributed by atoms with Crippen LogP contribution in [0.15, 0.2) is 30.3 Å². The predicted molar refractivity (Wildman–Crippen MR) is 143 cm³/mol. The molecule has 0 atom stereocenters. The van der Waals surface area contributed by atoms with Crippen molar-refractivity contribution in [3.8, 4) is 11.9 Å². The maximum Gasteiger partial charge on any atom is 0.417 e. The highest BCUT2D eigenvalue weighted by molar-refractivity contribution is 5.91. The van der Waals surface area contributed by atoms with Crippen LogP contribution in [0, 0.1) is 17.2 Å². The van der Waals surface area contributed by atoms with E-state index in [9.17, 15) is 22.8 Å². The molecule has 0 radical (unpaired) electrons. The van der Waals surface area contributed by atoms with Crippen LogP contribution in [0.3, 0.4) is 0 Å². The SMILES string of the molecule is CC(C)(C)OC(=O)N1CCC(Oc2ccc(NC(=O)C3CCN(c4ccc(C#N)c(C(F)(F)F)c4)CC3)nn2)CC1. The summed E-state index contributed by atoms with van der Waals surface area (Å²) in [6, 6.07) is 8.47. The number of likely N-dealkylation sites (tertiary alicyclic amines) is 1. The lowest BCUT2D eigenvalue weighted by atomic mass is 9.95. The van der Waals surface area contributed by atoms with Crippen LogP contribution < -0.4 is 15.0 Å². The second-order valence-corrected chi connectivity index (χ2v) is 11.1. The molecule has 0 aliphatic carbocycles. The molecule has 2 saturated heterocycles. The van der Waals surface area contributed by atoms with E-state index >= 15 is 0 Å². The lowest BCUT2D eigenvalue weighted by Crippen LogP contribution is -2.44. The van der Waals surface area contributed by atoms with Gasteiger partial charge in [0.15, 0.2) is 5.82 Å². The molecule has 0 saturated carbocycles. The van der Waals surface area contributed by atoms with E-state index in [1.165, 1.54) is 12.1 Å². The van der Waals surface area contributed by atoms with Gasteiger partial charge in [0.25, 0.3) is 0 Å². The molecule has 1 aromatic carbocycles. The molecular formula is C28H33F3N6O4. The van der Waals surface area contributed by atoms with E-state index in [-0.39, 0.29) is 29.8 Å². The Bertz CT molecular complexity index is 1270. The van der Waals surface area contributed by atoms with Gasteiger partial charge in [0.2, 0.25) is 11.8 Å². The van der Waals surface area contributed by atoms with E-state index in [1.807, 2.05) is 20.8 Å². The standard InChI is InChI=1S/C28H33F3N6O4/c1-27(2,3)41-26(39)37-14-10-21(11-15-37)40-24-7-6-23(34-35-24)33-25(38)18-8-12-36(13-9-18)20-5-4-19(17-32)22(16-20)28(29,30)31/h4-7,16,18,21H,8-15H2,1-3H3,(H,33,34,38). The summed E-state index contributed by atoms with van der Waals surface area (Å²) in [7, 11) is 0. The number of rotatable bonds is 5. The fraction of sp³-hybridized carbons (Fsp3) is 0.536. The zero-order valence-electron chi connectivity index (χ0n) is 23.2. The van der Waals surface area contributed by atoms with Crippen LogP contribution in [0.2, 0.25) is 0 Å². The molecule has 0 bridgehead atoms. The number of carbonyl (C=O) groups is 2. The van der Waals surface area contributed by atoms with Crippen molar-refractivity contribution < 1.29 is 32.2 Å². The smallest absolute Gasteiger partial charge is 0.417 e. The van der Waals surface area contributed by atoms with Crippen molar-refractivity contribution in [2.24, 2.45) is 5.92 Å². The molecule has 3 heterocycles. The quantitative estimate of drug-likeness (QED) is 0.530. The minimum Gasteiger partial charge on any atom is -0.473 e. The molecule has 2 fully saturated rings. The highest BCUT2D eigenvalue weighted by atomic mass is 19.4. The van der Waals surface area contributed by atoms with Crippen LogP contribution in [-0.4, -0.2) is 65.0 Å². The van der Waals surface area contributed by atoms with E-state index in [4.69, 9.17) is 14.7 Å². The summed E-state index contributed by atoms with van der Waals surface area (Å²) in [5.41, 5.74) is -1.57. The van der Waals surface area contributed by atoms with Crippen LogP contribution in [-0.2, 0) is 15.7 Å². The number of anilines is 2. The minimum atomic E-state index is -4.62. The van der Waals surface area contributed by atoms with E-state index < -0.39 is 22.9 Å². The van der Waals surface area contributed by atoms with Crippen molar-refractivity contribution in [3.63, 3.8) is 0 Å². The maximum absolute atomic E-state index is 13.3. The normalized spacial score (nSPS) is 17.1. The molecule has 0 unspecified atom stereocenters. The van der Waals surface area contributed by atoms with Gasteiger partial charge in [-0.1, -0.05) is 0 Å². The Labute approximate surface area is 236 Å². The van der Waals surface area contributed by atoms with Crippen LogP contribution >= 0.6 is 0 Å². The molecule has 13 heteroatoms. The third kappa shape index (κ3) is 7.99. The molecule has 2 aromatic rings. The van der Waals surface area contributed by atoms with Gasteiger partial charge in [0.1, 0.15) is 11.7 Å². The zero-order valence-corrected chi connectivity index (χ0v) is 23.2. The Kier molecular flexibility index (Phi) is 8.89. The number of nitrogens with one attached hydrogen (secondary N) is 1. The third-order valence-electron chi connectivity index (χ3n) is 6.93. The first-order valence-corrected chi connectivity index (χ1v) is 13.5. The van der Waals surface area contributed by atoms with Crippen molar-refractivity contribution in [1.82, 2.24) is 15.1 Å². The van der Waals surface area contributed by atoms with Gasteiger partial charge in [-0.25, -0.2) is 4.79 Å². The Morgan fingerprint density at radius 2 is 1.68 bits per heavy atom. The molecule has 2 aliphatic heterocycles. The molecule has 2 amide bonds. The maximum atomic E-state index is 13.3. The number of alkyl halides is 3. The number of amides is 2. The molecule has 1 aromatic heterocycles. The molecule has 41 heavy (non-hydrogen) atoms. The Hall–Kier alpha value is -4.08. The number of nitriles is 1. The zero-order chi connectivity index (χ0) is 29.8. The third-order valence-corrected chi connectivity index (χ3v) is 6.93. The molecule has 4 rings (SSSR count). The predicted octanol–water partition coefficient (Wildman–Crippen LogP) is 5.00. The van der Waals surface area contributed by atoms with Gasteiger partial charge in [-0.15, -0.1) is 10.2 Å². The van der Waals surface area contributed by atoms with E-state index in [1.54, 1.807) is 28.0 Å². The first-order valence-electron chi connectivity index (χ1n) is 13.5. The van der Waals surface area contributed by atoms with Crippen LogP contribution in [0.1, 0.15) is 57.6 Å². The van der Waals surface area contributed by atoms with Gasteiger partial charge in [-0.05, 0) is 57.9 Å². The monoisotopic (exact) mass is 574 g/mol. The molecule has 1 N–H and O–H groups in total. The van der Waals surface area contributed by atoms with Crippen LogP contribution in [0.5, 0.6) is 5.88 Å². The lowest BCUT2D eigenvalue weighted by molar-refractivity contribution is -0.137. The number of hydrogen-bond donors (Lipinski definition) is 1. The second kappa shape index (κ2) is 12.2.